The van der Waals surface area contributed by atoms with Crippen LogP contribution in [0, 0.1) is 0 Å². The van der Waals surface area contributed by atoms with E-state index in [9.17, 15) is 9.59 Å². The van der Waals surface area contributed by atoms with Crippen molar-refractivity contribution >= 4 is 17.5 Å². The summed E-state index contributed by atoms with van der Waals surface area (Å²) >= 11 is 0. The molecule has 24 heavy (non-hydrogen) atoms. The van der Waals surface area contributed by atoms with E-state index in [1.165, 1.54) is 5.01 Å². The molecule has 0 aliphatic carbocycles. The molecule has 128 valence electrons. The van der Waals surface area contributed by atoms with Crippen LogP contribution in [0.1, 0.15) is 19.8 Å². The van der Waals surface area contributed by atoms with Crippen molar-refractivity contribution in [3.05, 3.63) is 24.3 Å². The Kier molecular flexibility index (Phi) is 4.69. The average molecular weight is 331 g/mol. The minimum Gasteiger partial charge on any atom is -0.486 e. The molecule has 1 aromatic carbocycles. The SMILES string of the molecule is CCN(C[C@@H]1COc2ccccc2O1)C(=O)C1=NN(C)C(=O)CC1. The Morgan fingerprint density at radius 1 is 1.33 bits per heavy atom. The van der Waals surface area contributed by atoms with E-state index < -0.39 is 0 Å². The summed E-state index contributed by atoms with van der Waals surface area (Å²) < 4.78 is 11.6. The largest absolute Gasteiger partial charge is 0.486 e. The molecule has 0 radical (unpaired) electrons. The molecule has 2 heterocycles. The minimum atomic E-state index is -0.229. The van der Waals surface area contributed by atoms with Crippen molar-refractivity contribution in [1.82, 2.24) is 9.91 Å². The van der Waals surface area contributed by atoms with Crippen LogP contribution in [0.4, 0.5) is 0 Å². The predicted octanol–water partition coefficient (Wildman–Crippen LogP) is 1.28. The number of benzene rings is 1. The highest BCUT2D eigenvalue weighted by Crippen LogP contribution is 2.31. The van der Waals surface area contributed by atoms with E-state index in [0.29, 0.717) is 44.0 Å². The Labute approximate surface area is 140 Å². The first-order valence-corrected chi connectivity index (χ1v) is 8.10. The lowest BCUT2D eigenvalue weighted by Crippen LogP contribution is -2.47. The van der Waals surface area contributed by atoms with Crippen LogP contribution in [-0.4, -0.2) is 60.3 Å². The standard InChI is InChI=1S/C17H21N3O4/c1-3-20(17(22)13-8-9-16(21)19(2)18-13)10-12-11-23-14-6-4-5-7-15(14)24-12/h4-7,12H,3,8-11H2,1-2H3/t12-/m1/s1. The number of likely N-dealkylation sites (N-methyl/N-ethyl adjacent to an activating group) is 1. The van der Waals surface area contributed by atoms with Crippen molar-refractivity contribution in [2.75, 3.05) is 26.7 Å². The number of carbonyl (C=O) groups is 2. The van der Waals surface area contributed by atoms with Crippen LogP contribution < -0.4 is 9.47 Å². The van der Waals surface area contributed by atoms with Crippen LogP contribution >= 0.6 is 0 Å². The number of hydrogen-bond donors (Lipinski definition) is 0. The average Bonchev–Trinajstić information content (AvgIpc) is 2.61. The summed E-state index contributed by atoms with van der Waals surface area (Å²) in [5.74, 6) is 1.19. The Hall–Kier alpha value is -2.57. The third-order valence-corrected chi connectivity index (χ3v) is 4.11. The molecule has 2 amide bonds. The van der Waals surface area contributed by atoms with Crippen LogP contribution in [-0.2, 0) is 9.59 Å². The summed E-state index contributed by atoms with van der Waals surface area (Å²) in [6.07, 6.45) is 0.464. The number of ether oxygens (including phenoxy) is 2. The maximum absolute atomic E-state index is 12.7. The molecule has 1 atom stereocenters. The quantitative estimate of drug-likeness (QED) is 0.833. The molecular weight excluding hydrogens is 310 g/mol. The third-order valence-electron chi connectivity index (χ3n) is 4.11. The van der Waals surface area contributed by atoms with Gasteiger partial charge in [0, 0.05) is 26.4 Å². The third kappa shape index (κ3) is 3.34. The summed E-state index contributed by atoms with van der Waals surface area (Å²) in [4.78, 5) is 25.8. The fourth-order valence-corrected chi connectivity index (χ4v) is 2.76. The van der Waals surface area contributed by atoms with Crippen LogP contribution in [0.3, 0.4) is 0 Å². The fourth-order valence-electron chi connectivity index (χ4n) is 2.76. The van der Waals surface area contributed by atoms with E-state index >= 15 is 0 Å². The monoisotopic (exact) mass is 331 g/mol. The second-order valence-electron chi connectivity index (χ2n) is 5.81. The van der Waals surface area contributed by atoms with Gasteiger partial charge in [0.25, 0.3) is 5.91 Å². The van der Waals surface area contributed by atoms with Crippen molar-refractivity contribution in [3.63, 3.8) is 0 Å². The Bertz CT molecular complexity index is 674. The van der Waals surface area contributed by atoms with E-state index in [1.807, 2.05) is 31.2 Å². The highest BCUT2D eigenvalue weighted by molar-refractivity contribution is 6.39. The van der Waals surface area contributed by atoms with Gasteiger partial charge in [-0.15, -0.1) is 0 Å². The zero-order valence-electron chi connectivity index (χ0n) is 13.9. The number of rotatable bonds is 4. The Balaban J connectivity index is 1.66. The van der Waals surface area contributed by atoms with Crippen molar-refractivity contribution in [3.8, 4) is 11.5 Å². The van der Waals surface area contributed by atoms with E-state index in [-0.39, 0.29) is 17.9 Å². The summed E-state index contributed by atoms with van der Waals surface area (Å²) in [6, 6.07) is 7.49. The van der Waals surface area contributed by atoms with E-state index in [1.54, 1.807) is 11.9 Å². The normalized spacial score (nSPS) is 19.8. The van der Waals surface area contributed by atoms with Crippen LogP contribution in [0.15, 0.2) is 29.4 Å². The first-order valence-electron chi connectivity index (χ1n) is 8.10. The number of amides is 2. The van der Waals surface area contributed by atoms with Crippen LogP contribution in [0.5, 0.6) is 11.5 Å². The molecule has 0 aromatic heterocycles. The number of hydrogen-bond acceptors (Lipinski definition) is 5. The molecule has 2 aliphatic heterocycles. The highest BCUT2D eigenvalue weighted by atomic mass is 16.6. The van der Waals surface area contributed by atoms with Gasteiger partial charge < -0.3 is 14.4 Å². The summed E-state index contributed by atoms with van der Waals surface area (Å²) in [5.41, 5.74) is 0.413. The molecule has 3 rings (SSSR count). The summed E-state index contributed by atoms with van der Waals surface area (Å²) in [6.45, 7) is 3.26. The van der Waals surface area contributed by atoms with Gasteiger partial charge in [-0.25, -0.2) is 5.01 Å². The van der Waals surface area contributed by atoms with E-state index in [4.69, 9.17) is 9.47 Å². The zero-order chi connectivity index (χ0) is 17.1. The number of hydrazone groups is 1. The zero-order valence-corrected chi connectivity index (χ0v) is 13.9. The van der Waals surface area contributed by atoms with E-state index in [2.05, 4.69) is 5.10 Å². The second-order valence-corrected chi connectivity index (χ2v) is 5.81. The fraction of sp³-hybridized carbons (Fsp3) is 0.471. The van der Waals surface area contributed by atoms with Gasteiger partial charge in [-0.2, -0.15) is 5.10 Å². The minimum absolute atomic E-state index is 0.0739. The summed E-state index contributed by atoms with van der Waals surface area (Å²) in [7, 11) is 1.57. The molecule has 0 spiro atoms. The molecule has 0 N–H and O–H groups in total. The molecule has 2 aliphatic rings. The van der Waals surface area contributed by atoms with Crippen molar-refractivity contribution in [2.24, 2.45) is 5.10 Å². The molecule has 0 bridgehead atoms. The van der Waals surface area contributed by atoms with Gasteiger partial charge in [0.05, 0.1) is 6.54 Å². The number of nitrogens with zero attached hydrogens (tertiary/aromatic N) is 3. The lowest BCUT2D eigenvalue weighted by molar-refractivity contribution is -0.131. The van der Waals surface area contributed by atoms with Gasteiger partial charge in [-0.1, -0.05) is 12.1 Å². The predicted molar refractivity (Wildman–Crippen MR) is 88.0 cm³/mol. The number of carbonyl (C=O) groups excluding carboxylic acids is 2. The Morgan fingerprint density at radius 3 is 2.79 bits per heavy atom. The van der Waals surface area contributed by atoms with Gasteiger partial charge in [-0.05, 0) is 19.1 Å². The van der Waals surface area contributed by atoms with Gasteiger partial charge >= 0.3 is 0 Å². The summed E-state index contributed by atoms with van der Waals surface area (Å²) in [5, 5.41) is 5.34. The molecule has 7 heteroatoms. The van der Waals surface area contributed by atoms with Gasteiger partial charge in [-0.3, -0.25) is 9.59 Å². The lowest BCUT2D eigenvalue weighted by Gasteiger charge is -2.31. The Morgan fingerprint density at radius 2 is 2.08 bits per heavy atom. The highest BCUT2D eigenvalue weighted by Gasteiger charge is 2.29. The smallest absolute Gasteiger partial charge is 0.270 e. The first kappa shape index (κ1) is 16.3. The van der Waals surface area contributed by atoms with Crippen molar-refractivity contribution in [1.29, 1.82) is 0 Å². The number of para-hydroxylation sites is 2. The molecule has 0 saturated carbocycles. The van der Waals surface area contributed by atoms with Crippen LogP contribution in [0.25, 0.3) is 0 Å². The molecular formula is C17H21N3O4. The van der Waals surface area contributed by atoms with Gasteiger partial charge in [0.15, 0.2) is 17.6 Å². The maximum Gasteiger partial charge on any atom is 0.270 e. The second kappa shape index (κ2) is 6.90. The molecule has 0 fully saturated rings. The van der Waals surface area contributed by atoms with Crippen molar-refractivity contribution in [2.45, 2.75) is 25.9 Å². The first-order chi connectivity index (χ1) is 11.6. The molecule has 1 aromatic rings. The lowest BCUT2D eigenvalue weighted by atomic mass is 10.1. The van der Waals surface area contributed by atoms with Crippen molar-refractivity contribution < 1.29 is 19.1 Å². The van der Waals surface area contributed by atoms with Gasteiger partial charge in [0.1, 0.15) is 12.3 Å². The number of fused-ring (bicyclic) bond motifs is 1. The van der Waals surface area contributed by atoms with Crippen LogP contribution in [0.2, 0.25) is 0 Å². The van der Waals surface area contributed by atoms with E-state index in [0.717, 1.165) is 5.75 Å². The molecule has 7 nitrogen and oxygen atoms in total. The molecule has 0 saturated heterocycles. The van der Waals surface area contributed by atoms with Gasteiger partial charge in [0.2, 0.25) is 5.91 Å². The maximum atomic E-state index is 12.7. The molecule has 0 unspecified atom stereocenters. The topological polar surface area (TPSA) is 71.4 Å².